The van der Waals surface area contributed by atoms with Crippen LogP contribution >= 0.6 is 35.6 Å². The average Bonchev–Trinajstić information content (AvgIpc) is 2.66. The number of rotatable bonds is 7. The second kappa shape index (κ2) is 13.2. The number of nitrogens with one attached hydrogen (secondary N) is 3. The lowest BCUT2D eigenvalue weighted by atomic mass is 10.0. The molecule has 0 atom stereocenters. The summed E-state index contributed by atoms with van der Waals surface area (Å²) in [6.07, 6.45) is 2.23. The Bertz CT molecular complexity index is 633. The molecule has 3 N–H and O–H groups in total. The molecule has 1 aliphatic heterocycles. The molecular weight excluding hydrogens is 489 g/mol. The number of hydrogen-bond acceptors (Lipinski definition) is 3. The molecular formula is C20H33ClIN5O. The summed E-state index contributed by atoms with van der Waals surface area (Å²) in [7, 11) is 0. The van der Waals surface area contributed by atoms with Crippen LogP contribution in [-0.4, -0.2) is 61.6 Å². The third kappa shape index (κ3) is 8.13. The summed E-state index contributed by atoms with van der Waals surface area (Å²) >= 11 is 6.05. The highest BCUT2D eigenvalue weighted by atomic mass is 127. The smallest absolute Gasteiger partial charge is 0.252 e. The van der Waals surface area contributed by atoms with Crippen molar-refractivity contribution in [3.8, 4) is 0 Å². The van der Waals surface area contributed by atoms with Crippen LogP contribution in [0.2, 0.25) is 5.02 Å². The van der Waals surface area contributed by atoms with E-state index in [1.807, 2.05) is 6.07 Å². The maximum absolute atomic E-state index is 12.2. The van der Waals surface area contributed by atoms with Gasteiger partial charge in [-0.25, -0.2) is 0 Å². The van der Waals surface area contributed by atoms with Gasteiger partial charge in [0.25, 0.3) is 5.91 Å². The lowest BCUT2D eigenvalue weighted by Crippen LogP contribution is -2.50. The summed E-state index contributed by atoms with van der Waals surface area (Å²) in [5.74, 6) is 0.641. The van der Waals surface area contributed by atoms with Gasteiger partial charge in [0.15, 0.2) is 5.96 Å². The number of halogens is 2. The van der Waals surface area contributed by atoms with Crippen molar-refractivity contribution >= 4 is 47.4 Å². The minimum atomic E-state index is -0.171. The van der Waals surface area contributed by atoms with E-state index in [-0.39, 0.29) is 29.9 Å². The van der Waals surface area contributed by atoms with Gasteiger partial charge in [0.1, 0.15) is 0 Å². The Balaban J connectivity index is 0.00000392. The average molecular weight is 522 g/mol. The van der Waals surface area contributed by atoms with Gasteiger partial charge in [-0.3, -0.25) is 9.79 Å². The molecule has 1 fully saturated rings. The van der Waals surface area contributed by atoms with Gasteiger partial charge in [-0.15, -0.1) is 24.0 Å². The summed E-state index contributed by atoms with van der Waals surface area (Å²) in [6.45, 7) is 10.6. The van der Waals surface area contributed by atoms with Gasteiger partial charge in [0.2, 0.25) is 0 Å². The van der Waals surface area contributed by atoms with Crippen molar-refractivity contribution in [2.45, 2.75) is 45.7 Å². The fourth-order valence-corrected chi connectivity index (χ4v) is 3.37. The Kier molecular flexibility index (Phi) is 11.8. The van der Waals surface area contributed by atoms with Crippen LogP contribution in [0.1, 0.15) is 44.0 Å². The molecule has 158 valence electrons. The van der Waals surface area contributed by atoms with E-state index in [0.29, 0.717) is 35.8 Å². The first-order valence-electron chi connectivity index (χ1n) is 9.83. The first kappa shape index (κ1) is 25.0. The fourth-order valence-electron chi connectivity index (χ4n) is 3.15. The maximum atomic E-state index is 12.2. The molecule has 0 saturated carbocycles. The molecule has 1 amide bonds. The summed E-state index contributed by atoms with van der Waals surface area (Å²) in [5, 5.41) is 10.1. The second-order valence-corrected chi connectivity index (χ2v) is 7.45. The summed E-state index contributed by atoms with van der Waals surface area (Å²) in [6, 6.07) is 8.09. The second-order valence-electron chi connectivity index (χ2n) is 7.04. The lowest BCUT2D eigenvalue weighted by molar-refractivity contribution is 0.0955. The number of likely N-dealkylation sites (tertiary alicyclic amines) is 1. The Morgan fingerprint density at radius 1 is 1.25 bits per heavy atom. The SMILES string of the molecule is CCNC(=NCCNC(=O)c1ccccc1Cl)NC1CCN(C(C)C)CC1.I. The monoisotopic (exact) mass is 521 g/mol. The fraction of sp³-hybridized carbons (Fsp3) is 0.600. The van der Waals surface area contributed by atoms with E-state index in [0.717, 1.165) is 38.4 Å². The van der Waals surface area contributed by atoms with Crippen LogP contribution in [0.5, 0.6) is 0 Å². The first-order chi connectivity index (χ1) is 13.0. The van der Waals surface area contributed by atoms with E-state index < -0.39 is 0 Å². The van der Waals surface area contributed by atoms with E-state index in [2.05, 4.69) is 46.6 Å². The van der Waals surface area contributed by atoms with E-state index in [1.54, 1.807) is 18.2 Å². The van der Waals surface area contributed by atoms with Crippen molar-refractivity contribution in [2.75, 3.05) is 32.7 Å². The molecule has 28 heavy (non-hydrogen) atoms. The number of amides is 1. The summed E-state index contributed by atoms with van der Waals surface area (Å²) in [4.78, 5) is 19.2. The van der Waals surface area contributed by atoms with Crippen LogP contribution in [0.25, 0.3) is 0 Å². The first-order valence-corrected chi connectivity index (χ1v) is 10.2. The Morgan fingerprint density at radius 3 is 2.54 bits per heavy atom. The van der Waals surface area contributed by atoms with Crippen LogP contribution in [0.3, 0.4) is 0 Å². The van der Waals surface area contributed by atoms with Gasteiger partial charge in [0.05, 0.1) is 17.1 Å². The van der Waals surface area contributed by atoms with Crippen molar-refractivity contribution in [3.05, 3.63) is 34.9 Å². The molecule has 0 aliphatic carbocycles. The lowest BCUT2D eigenvalue weighted by Gasteiger charge is -2.35. The van der Waals surface area contributed by atoms with Crippen molar-refractivity contribution < 1.29 is 4.79 Å². The summed E-state index contributed by atoms with van der Waals surface area (Å²) < 4.78 is 0. The largest absolute Gasteiger partial charge is 0.357 e. The molecule has 0 spiro atoms. The molecule has 2 rings (SSSR count). The van der Waals surface area contributed by atoms with Gasteiger partial charge < -0.3 is 20.9 Å². The third-order valence-corrected chi connectivity index (χ3v) is 5.06. The van der Waals surface area contributed by atoms with Crippen LogP contribution in [0.15, 0.2) is 29.3 Å². The van der Waals surface area contributed by atoms with Gasteiger partial charge in [-0.1, -0.05) is 23.7 Å². The zero-order chi connectivity index (χ0) is 19.6. The highest BCUT2D eigenvalue weighted by Gasteiger charge is 2.21. The van der Waals surface area contributed by atoms with Crippen molar-refractivity contribution in [1.29, 1.82) is 0 Å². The van der Waals surface area contributed by atoms with Crippen LogP contribution in [-0.2, 0) is 0 Å². The number of carbonyl (C=O) groups excluding carboxylic acids is 1. The molecule has 1 saturated heterocycles. The number of guanidine groups is 1. The van der Waals surface area contributed by atoms with Gasteiger partial charge in [-0.2, -0.15) is 0 Å². The molecule has 1 aromatic carbocycles. The Labute approximate surface area is 190 Å². The zero-order valence-corrected chi connectivity index (χ0v) is 20.1. The predicted octanol–water partition coefficient (Wildman–Crippen LogP) is 3.12. The van der Waals surface area contributed by atoms with Crippen LogP contribution < -0.4 is 16.0 Å². The van der Waals surface area contributed by atoms with E-state index in [1.165, 1.54) is 0 Å². The van der Waals surface area contributed by atoms with E-state index in [9.17, 15) is 4.79 Å². The predicted molar refractivity (Wildman–Crippen MR) is 128 cm³/mol. The van der Waals surface area contributed by atoms with Gasteiger partial charge >= 0.3 is 0 Å². The third-order valence-electron chi connectivity index (χ3n) is 4.73. The Hall–Kier alpha value is -1.06. The number of hydrogen-bond donors (Lipinski definition) is 3. The molecule has 1 aromatic rings. The highest BCUT2D eigenvalue weighted by molar-refractivity contribution is 14.0. The van der Waals surface area contributed by atoms with Gasteiger partial charge in [0, 0.05) is 38.3 Å². The molecule has 8 heteroatoms. The zero-order valence-electron chi connectivity index (χ0n) is 17.0. The molecule has 0 bridgehead atoms. The molecule has 6 nitrogen and oxygen atoms in total. The van der Waals surface area contributed by atoms with Crippen LogP contribution in [0, 0.1) is 0 Å². The van der Waals surface area contributed by atoms with E-state index >= 15 is 0 Å². The summed E-state index contributed by atoms with van der Waals surface area (Å²) in [5.41, 5.74) is 0.491. The minimum absolute atomic E-state index is 0. The standard InChI is InChI=1S/C20H32ClN5O.HI/c1-4-22-20(25-16-9-13-26(14-10-16)15(2)3)24-12-11-23-19(27)17-7-5-6-8-18(17)21;/h5-8,15-16H,4,9-14H2,1-3H3,(H,23,27)(H2,22,24,25);1H. The number of nitrogens with zero attached hydrogens (tertiary/aromatic N) is 2. The van der Waals surface area contributed by atoms with Gasteiger partial charge in [-0.05, 0) is 45.7 Å². The quantitative estimate of drug-likeness (QED) is 0.223. The number of aliphatic imine (C=N–C) groups is 1. The molecule has 0 aromatic heterocycles. The van der Waals surface area contributed by atoms with Crippen molar-refractivity contribution in [3.63, 3.8) is 0 Å². The molecule has 0 radical (unpaired) electrons. The topological polar surface area (TPSA) is 68.8 Å². The molecule has 1 aliphatic rings. The van der Waals surface area contributed by atoms with E-state index in [4.69, 9.17) is 11.6 Å². The normalized spacial score (nSPS) is 15.8. The number of carbonyl (C=O) groups is 1. The minimum Gasteiger partial charge on any atom is -0.357 e. The number of benzene rings is 1. The Morgan fingerprint density at radius 2 is 1.93 bits per heavy atom. The van der Waals surface area contributed by atoms with Crippen molar-refractivity contribution in [1.82, 2.24) is 20.9 Å². The highest BCUT2D eigenvalue weighted by Crippen LogP contribution is 2.14. The molecule has 0 unspecified atom stereocenters. The van der Waals surface area contributed by atoms with Crippen molar-refractivity contribution in [2.24, 2.45) is 4.99 Å². The van der Waals surface area contributed by atoms with Crippen LogP contribution in [0.4, 0.5) is 0 Å². The molecule has 1 heterocycles. The number of piperidine rings is 1. The maximum Gasteiger partial charge on any atom is 0.252 e.